The number of nitrogens with one attached hydrogen (secondary N) is 1. The SMILES string of the molecule is CCNC(=NCCc1ccc(OC(F)(F)F)cc1)N1CCN(c2ncccn2)CC1. The van der Waals surface area contributed by atoms with Crippen LogP contribution in [-0.4, -0.2) is 66.5 Å². The molecule has 1 aromatic carbocycles. The first-order valence-electron chi connectivity index (χ1n) is 9.84. The Kier molecular flexibility index (Phi) is 7.31. The lowest BCUT2D eigenvalue weighted by atomic mass is 10.1. The fourth-order valence-electron chi connectivity index (χ4n) is 3.15. The van der Waals surface area contributed by atoms with E-state index in [1.54, 1.807) is 30.6 Å². The third kappa shape index (κ3) is 6.50. The summed E-state index contributed by atoms with van der Waals surface area (Å²) >= 11 is 0. The summed E-state index contributed by atoms with van der Waals surface area (Å²) in [6, 6.07) is 7.70. The highest BCUT2D eigenvalue weighted by Crippen LogP contribution is 2.22. The Balaban J connectivity index is 1.52. The summed E-state index contributed by atoms with van der Waals surface area (Å²) < 4.78 is 40.6. The molecule has 0 bridgehead atoms. The van der Waals surface area contributed by atoms with Crippen molar-refractivity contribution in [2.45, 2.75) is 19.7 Å². The van der Waals surface area contributed by atoms with Crippen LogP contribution in [0.5, 0.6) is 5.75 Å². The van der Waals surface area contributed by atoms with Crippen molar-refractivity contribution in [2.75, 3.05) is 44.2 Å². The largest absolute Gasteiger partial charge is 0.573 e. The number of anilines is 1. The Morgan fingerprint density at radius 3 is 2.37 bits per heavy atom. The molecule has 0 amide bonds. The molecule has 162 valence electrons. The fraction of sp³-hybridized carbons (Fsp3) is 0.450. The summed E-state index contributed by atoms with van der Waals surface area (Å²) in [5, 5.41) is 3.31. The van der Waals surface area contributed by atoms with Crippen molar-refractivity contribution in [3.63, 3.8) is 0 Å². The fourth-order valence-corrected chi connectivity index (χ4v) is 3.15. The third-order valence-corrected chi connectivity index (χ3v) is 4.57. The maximum absolute atomic E-state index is 12.2. The molecule has 0 radical (unpaired) electrons. The molecule has 0 atom stereocenters. The molecule has 3 rings (SSSR count). The van der Waals surface area contributed by atoms with Gasteiger partial charge >= 0.3 is 6.36 Å². The zero-order valence-corrected chi connectivity index (χ0v) is 16.8. The zero-order chi connectivity index (χ0) is 21.4. The Hall–Kier alpha value is -3.04. The van der Waals surface area contributed by atoms with Gasteiger partial charge in [0.25, 0.3) is 0 Å². The molecule has 0 unspecified atom stereocenters. The molecular weight excluding hydrogens is 397 g/mol. The van der Waals surface area contributed by atoms with Gasteiger partial charge in [0.1, 0.15) is 5.75 Å². The minimum Gasteiger partial charge on any atom is -0.406 e. The quantitative estimate of drug-likeness (QED) is 0.571. The van der Waals surface area contributed by atoms with Gasteiger partial charge in [0.05, 0.1) is 0 Å². The van der Waals surface area contributed by atoms with Gasteiger partial charge in [-0.05, 0) is 37.1 Å². The molecule has 10 heteroatoms. The maximum atomic E-state index is 12.2. The summed E-state index contributed by atoms with van der Waals surface area (Å²) in [6.07, 6.45) is -0.577. The van der Waals surface area contributed by atoms with Crippen LogP contribution in [-0.2, 0) is 6.42 Å². The van der Waals surface area contributed by atoms with E-state index in [1.807, 2.05) is 6.92 Å². The van der Waals surface area contributed by atoms with Gasteiger partial charge in [-0.3, -0.25) is 4.99 Å². The van der Waals surface area contributed by atoms with E-state index < -0.39 is 6.36 Å². The number of hydrogen-bond donors (Lipinski definition) is 1. The third-order valence-electron chi connectivity index (χ3n) is 4.57. The topological polar surface area (TPSA) is 65.9 Å². The Morgan fingerprint density at radius 2 is 1.77 bits per heavy atom. The Labute approximate surface area is 173 Å². The van der Waals surface area contributed by atoms with Crippen molar-refractivity contribution in [1.29, 1.82) is 0 Å². The molecule has 1 aliphatic heterocycles. The van der Waals surface area contributed by atoms with E-state index in [-0.39, 0.29) is 5.75 Å². The molecule has 0 spiro atoms. The average molecular weight is 422 g/mol. The van der Waals surface area contributed by atoms with E-state index in [9.17, 15) is 13.2 Å². The highest BCUT2D eigenvalue weighted by molar-refractivity contribution is 5.80. The van der Waals surface area contributed by atoms with E-state index in [0.717, 1.165) is 50.2 Å². The van der Waals surface area contributed by atoms with Crippen LogP contribution in [0.1, 0.15) is 12.5 Å². The van der Waals surface area contributed by atoms with Crippen molar-refractivity contribution < 1.29 is 17.9 Å². The van der Waals surface area contributed by atoms with E-state index in [1.165, 1.54) is 12.1 Å². The summed E-state index contributed by atoms with van der Waals surface area (Å²) in [5.74, 6) is 1.35. The number of rotatable bonds is 6. The van der Waals surface area contributed by atoms with Crippen molar-refractivity contribution in [3.05, 3.63) is 48.3 Å². The number of piperazine rings is 1. The number of benzene rings is 1. The second-order valence-electron chi connectivity index (χ2n) is 6.70. The van der Waals surface area contributed by atoms with Crippen LogP contribution in [0.2, 0.25) is 0 Å². The van der Waals surface area contributed by atoms with Crippen molar-refractivity contribution in [2.24, 2.45) is 4.99 Å². The van der Waals surface area contributed by atoms with Crippen LogP contribution >= 0.6 is 0 Å². The van der Waals surface area contributed by atoms with Crippen LogP contribution in [0.3, 0.4) is 0 Å². The van der Waals surface area contributed by atoms with E-state index in [0.29, 0.717) is 13.0 Å². The van der Waals surface area contributed by atoms with Crippen LogP contribution in [0.25, 0.3) is 0 Å². The molecule has 1 N–H and O–H groups in total. The van der Waals surface area contributed by atoms with Gasteiger partial charge in [0.2, 0.25) is 5.95 Å². The molecule has 30 heavy (non-hydrogen) atoms. The first-order chi connectivity index (χ1) is 14.4. The molecule has 1 saturated heterocycles. The van der Waals surface area contributed by atoms with Crippen LogP contribution in [0, 0.1) is 0 Å². The lowest BCUT2D eigenvalue weighted by molar-refractivity contribution is -0.274. The maximum Gasteiger partial charge on any atom is 0.573 e. The number of aliphatic imine (C=N–C) groups is 1. The molecule has 1 aliphatic rings. The van der Waals surface area contributed by atoms with Gasteiger partial charge in [-0.15, -0.1) is 13.2 Å². The summed E-state index contributed by atoms with van der Waals surface area (Å²) in [5.41, 5.74) is 0.898. The Bertz CT molecular complexity index is 806. The number of hydrogen-bond acceptors (Lipinski definition) is 5. The highest BCUT2D eigenvalue weighted by Gasteiger charge is 2.30. The summed E-state index contributed by atoms with van der Waals surface area (Å²) in [6.45, 7) is 6.50. The zero-order valence-electron chi connectivity index (χ0n) is 16.8. The number of alkyl halides is 3. The predicted octanol–water partition coefficient (Wildman–Crippen LogP) is 2.71. The first-order valence-corrected chi connectivity index (χ1v) is 9.84. The van der Waals surface area contributed by atoms with Crippen LogP contribution in [0.15, 0.2) is 47.7 Å². The highest BCUT2D eigenvalue weighted by atomic mass is 19.4. The lowest BCUT2D eigenvalue weighted by Crippen LogP contribution is -2.53. The van der Waals surface area contributed by atoms with Crippen molar-refractivity contribution in [1.82, 2.24) is 20.2 Å². The van der Waals surface area contributed by atoms with Crippen LogP contribution in [0.4, 0.5) is 19.1 Å². The number of halogens is 3. The normalized spacial score (nSPS) is 15.3. The van der Waals surface area contributed by atoms with E-state index >= 15 is 0 Å². The molecule has 1 fully saturated rings. The number of nitrogens with zero attached hydrogens (tertiary/aromatic N) is 5. The molecule has 0 saturated carbocycles. The van der Waals surface area contributed by atoms with Gasteiger partial charge in [-0.25, -0.2) is 9.97 Å². The van der Waals surface area contributed by atoms with Crippen molar-refractivity contribution in [3.8, 4) is 5.75 Å². The standard InChI is InChI=1S/C20H25F3N6O/c1-2-24-18(28-12-14-29(15-13-28)19-25-9-3-10-26-19)27-11-8-16-4-6-17(7-5-16)30-20(21,22)23/h3-7,9-10H,2,8,11-15H2,1H3,(H,24,27). The number of ether oxygens (including phenoxy) is 1. The van der Waals surface area contributed by atoms with E-state index in [2.05, 4.69) is 34.8 Å². The average Bonchev–Trinajstić information content (AvgIpc) is 2.74. The molecule has 0 aliphatic carbocycles. The monoisotopic (exact) mass is 422 g/mol. The van der Waals surface area contributed by atoms with Gasteiger partial charge < -0.3 is 19.9 Å². The first kappa shape index (κ1) is 21.7. The van der Waals surface area contributed by atoms with Gasteiger partial charge in [-0.1, -0.05) is 12.1 Å². The van der Waals surface area contributed by atoms with Gasteiger partial charge in [-0.2, -0.15) is 0 Å². The van der Waals surface area contributed by atoms with Gasteiger partial charge in [0, 0.05) is 51.7 Å². The summed E-state index contributed by atoms with van der Waals surface area (Å²) in [4.78, 5) is 17.6. The summed E-state index contributed by atoms with van der Waals surface area (Å²) in [7, 11) is 0. The second-order valence-corrected chi connectivity index (χ2v) is 6.70. The molecular formula is C20H25F3N6O. The molecule has 2 aromatic rings. The molecule has 2 heterocycles. The minimum atomic E-state index is -4.68. The smallest absolute Gasteiger partial charge is 0.406 e. The number of aromatic nitrogens is 2. The Morgan fingerprint density at radius 1 is 1.10 bits per heavy atom. The van der Waals surface area contributed by atoms with Crippen molar-refractivity contribution >= 4 is 11.9 Å². The van der Waals surface area contributed by atoms with Gasteiger partial charge in [0.15, 0.2) is 5.96 Å². The lowest BCUT2D eigenvalue weighted by Gasteiger charge is -2.36. The van der Waals surface area contributed by atoms with Crippen LogP contribution < -0.4 is 15.0 Å². The van der Waals surface area contributed by atoms with E-state index in [4.69, 9.17) is 0 Å². The molecule has 1 aromatic heterocycles. The molecule has 7 nitrogen and oxygen atoms in total. The minimum absolute atomic E-state index is 0.219. The number of guanidine groups is 1. The second kappa shape index (κ2) is 10.1. The predicted molar refractivity (Wildman–Crippen MR) is 109 cm³/mol.